The number of imide groups is 1. The largest absolute Gasteiger partial charge is 0.355 e. The van der Waals surface area contributed by atoms with Gasteiger partial charge in [-0.1, -0.05) is 36.4 Å². The molecular weight excluding hydrogens is 442 g/mol. The molecule has 7 heteroatoms. The Kier molecular flexibility index (Phi) is 5.91. The van der Waals surface area contributed by atoms with Crippen molar-refractivity contribution in [1.29, 1.82) is 0 Å². The molecule has 1 aliphatic carbocycles. The normalized spacial score (nSPS) is 14.6. The molecular formula is C28H25N3O4. The van der Waals surface area contributed by atoms with E-state index in [2.05, 4.69) is 5.32 Å². The predicted molar refractivity (Wildman–Crippen MR) is 130 cm³/mol. The molecule has 1 heterocycles. The summed E-state index contributed by atoms with van der Waals surface area (Å²) in [6.07, 6.45) is 1.94. The van der Waals surface area contributed by atoms with E-state index in [0.29, 0.717) is 28.8 Å². The number of nitrogens with one attached hydrogen (secondary N) is 1. The van der Waals surface area contributed by atoms with Crippen LogP contribution in [0.25, 0.3) is 0 Å². The Morgan fingerprint density at radius 1 is 0.829 bits per heavy atom. The van der Waals surface area contributed by atoms with E-state index >= 15 is 0 Å². The Hall–Kier alpha value is -4.26. The average Bonchev–Trinajstić information content (AvgIpc) is 3.71. The van der Waals surface area contributed by atoms with Gasteiger partial charge < -0.3 is 10.2 Å². The van der Waals surface area contributed by atoms with Crippen LogP contribution in [-0.4, -0.2) is 46.5 Å². The molecule has 1 N–H and O–H groups in total. The van der Waals surface area contributed by atoms with Crippen molar-refractivity contribution < 1.29 is 19.2 Å². The molecule has 0 saturated heterocycles. The van der Waals surface area contributed by atoms with Gasteiger partial charge in [-0.15, -0.1) is 0 Å². The van der Waals surface area contributed by atoms with E-state index in [-0.39, 0.29) is 36.2 Å². The fourth-order valence-corrected chi connectivity index (χ4v) is 4.34. The maximum Gasteiger partial charge on any atom is 0.261 e. The Morgan fingerprint density at radius 3 is 1.91 bits per heavy atom. The summed E-state index contributed by atoms with van der Waals surface area (Å²) in [6, 6.07) is 21.4. The number of rotatable bonds is 7. The number of carbonyl (C=O) groups excluding carboxylic acids is 4. The van der Waals surface area contributed by atoms with Crippen LogP contribution in [0.15, 0.2) is 72.8 Å². The first-order valence-corrected chi connectivity index (χ1v) is 11.6. The molecule has 1 saturated carbocycles. The number of fused-ring (bicyclic) bond motifs is 1. The second-order valence-electron chi connectivity index (χ2n) is 8.88. The molecule has 0 atom stereocenters. The molecule has 5 rings (SSSR count). The highest BCUT2D eigenvalue weighted by atomic mass is 16.2. The van der Waals surface area contributed by atoms with Crippen molar-refractivity contribution in [2.45, 2.75) is 32.0 Å². The standard InChI is InChI=1S/C28H25N3O4/c1-29-25(32)20-10-6-18(7-11-20)16-30(22-14-15-22)26(33)21-12-8-19(9-13-21)17-31-27(34)23-4-2-3-5-24(23)28(31)35/h2-13,22H,14-17H2,1H3,(H,29,32). The van der Waals surface area contributed by atoms with E-state index in [1.54, 1.807) is 67.7 Å². The summed E-state index contributed by atoms with van der Waals surface area (Å²) in [7, 11) is 1.59. The van der Waals surface area contributed by atoms with Crippen LogP contribution in [0.1, 0.15) is 65.4 Å². The Bertz CT molecular complexity index is 1280. The molecule has 3 aromatic carbocycles. The average molecular weight is 468 g/mol. The first kappa shape index (κ1) is 22.5. The predicted octanol–water partition coefficient (Wildman–Crippen LogP) is 3.65. The van der Waals surface area contributed by atoms with Gasteiger partial charge in [0.1, 0.15) is 0 Å². The third-order valence-corrected chi connectivity index (χ3v) is 6.46. The van der Waals surface area contributed by atoms with Crippen molar-refractivity contribution in [2.24, 2.45) is 0 Å². The van der Waals surface area contributed by atoms with Gasteiger partial charge in [-0.3, -0.25) is 24.1 Å². The van der Waals surface area contributed by atoms with Gasteiger partial charge in [-0.25, -0.2) is 0 Å². The molecule has 2 aliphatic rings. The molecule has 1 aliphatic heterocycles. The fourth-order valence-electron chi connectivity index (χ4n) is 4.34. The zero-order valence-electron chi connectivity index (χ0n) is 19.4. The molecule has 3 aromatic rings. The van der Waals surface area contributed by atoms with Gasteiger partial charge in [-0.2, -0.15) is 0 Å². The quantitative estimate of drug-likeness (QED) is 0.538. The van der Waals surface area contributed by atoms with Gasteiger partial charge in [0, 0.05) is 30.8 Å². The molecule has 0 aromatic heterocycles. The summed E-state index contributed by atoms with van der Waals surface area (Å²) >= 11 is 0. The molecule has 0 spiro atoms. The van der Waals surface area contributed by atoms with E-state index in [4.69, 9.17) is 0 Å². The van der Waals surface area contributed by atoms with Crippen LogP contribution in [0, 0.1) is 0 Å². The van der Waals surface area contributed by atoms with Gasteiger partial charge in [0.2, 0.25) is 0 Å². The van der Waals surface area contributed by atoms with Gasteiger partial charge in [0.25, 0.3) is 23.6 Å². The van der Waals surface area contributed by atoms with Crippen molar-refractivity contribution in [2.75, 3.05) is 7.05 Å². The van der Waals surface area contributed by atoms with Gasteiger partial charge >= 0.3 is 0 Å². The maximum absolute atomic E-state index is 13.3. The molecule has 7 nitrogen and oxygen atoms in total. The van der Waals surface area contributed by atoms with Crippen molar-refractivity contribution in [1.82, 2.24) is 15.1 Å². The van der Waals surface area contributed by atoms with Crippen molar-refractivity contribution in [3.05, 3.63) is 106 Å². The zero-order chi connectivity index (χ0) is 24.5. The van der Waals surface area contributed by atoms with E-state index in [9.17, 15) is 19.2 Å². The third kappa shape index (κ3) is 4.45. The first-order valence-electron chi connectivity index (χ1n) is 11.6. The van der Waals surface area contributed by atoms with E-state index in [1.807, 2.05) is 17.0 Å². The molecule has 0 bridgehead atoms. The fraction of sp³-hybridized carbons (Fsp3) is 0.214. The van der Waals surface area contributed by atoms with Gasteiger partial charge in [0.15, 0.2) is 0 Å². The number of hydrogen-bond acceptors (Lipinski definition) is 4. The van der Waals surface area contributed by atoms with E-state index in [0.717, 1.165) is 24.0 Å². The van der Waals surface area contributed by atoms with Crippen LogP contribution in [0.3, 0.4) is 0 Å². The lowest BCUT2D eigenvalue weighted by molar-refractivity contribution is 0.0640. The van der Waals surface area contributed by atoms with Crippen molar-refractivity contribution in [3.63, 3.8) is 0 Å². The minimum Gasteiger partial charge on any atom is -0.355 e. The number of amides is 4. The van der Waals surface area contributed by atoms with Crippen LogP contribution < -0.4 is 5.32 Å². The second kappa shape index (κ2) is 9.18. The summed E-state index contributed by atoms with van der Waals surface area (Å²) in [4.78, 5) is 53.4. The highest BCUT2D eigenvalue weighted by Gasteiger charge is 2.35. The molecule has 4 amide bonds. The smallest absolute Gasteiger partial charge is 0.261 e. The summed E-state index contributed by atoms with van der Waals surface area (Å²) in [5, 5.41) is 2.60. The van der Waals surface area contributed by atoms with E-state index < -0.39 is 0 Å². The summed E-state index contributed by atoms with van der Waals surface area (Å²) in [5.41, 5.74) is 3.72. The number of carbonyl (C=O) groups is 4. The number of benzene rings is 3. The minimum absolute atomic E-state index is 0.0600. The first-order chi connectivity index (χ1) is 17.0. The summed E-state index contributed by atoms with van der Waals surface area (Å²) in [5.74, 6) is -0.802. The Labute approximate surface area is 203 Å². The van der Waals surface area contributed by atoms with Gasteiger partial charge in [0.05, 0.1) is 17.7 Å². The second-order valence-corrected chi connectivity index (χ2v) is 8.88. The Balaban J connectivity index is 1.27. The topological polar surface area (TPSA) is 86.8 Å². The highest BCUT2D eigenvalue weighted by molar-refractivity contribution is 6.21. The lowest BCUT2D eigenvalue weighted by atomic mass is 10.1. The zero-order valence-corrected chi connectivity index (χ0v) is 19.4. The van der Waals surface area contributed by atoms with E-state index in [1.165, 1.54) is 4.90 Å². The molecule has 0 radical (unpaired) electrons. The summed E-state index contributed by atoms with van der Waals surface area (Å²) in [6.45, 7) is 0.624. The summed E-state index contributed by atoms with van der Waals surface area (Å²) < 4.78 is 0. The maximum atomic E-state index is 13.3. The molecule has 0 unspecified atom stereocenters. The lowest BCUT2D eigenvalue weighted by Gasteiger charge is -2.23. The molecule has 1 fully saturated rings. The van der Waals surface area contributed by atoms with Gasteiger partial charge in [-0.05, 0) is 60.4 Å². The highest BCUT2D eigenvalue weighted by Crippen LogP contribution is 2.30. The van der Waals surface area contributed by atoms with Crippen molar-refractivity contribution >= 4 is 23.6 Å². The van der Waals surface area contributed by atoms with Crippen LogP contribution >= 0.6 is 0 Å². The van der Waals surface area contributed by atoms with Crippen LogP contribution in [-0.2, 0) is 13.1 Å². The van der Waals surface area contributed by atoms with Crippen LogP contribution in [0.4, 0.5) is 0 Å². The third-order valence-electron chi connectivity index (χ3n) is 6.46. The molecule has 35 heavy (non-hydrogen) atoms. The number of nitrogens with zero attached hydrogens (tertiary/aromatic N) is 2. The van der Waals surface area contributed by atoms with Crippen LogP contribution in [0.5, 0.6) is 0 Å². The van der Waals surface area contributed by atoms with Crippen molar-refractivity contribution in [3.8, 4) is 0 Å². The molecule has 176 valence electrons. The SMILES string of the molecule is CNC(=O)c1ccc(CN(C(=O)c2ccc(CN3C(=O)c4ccccc4C3=O)cc2)C2CC2)cc1. The lowest BCUT2D eigenvalue weighted by Crippen LogP contribution is -2.32. The number of hydrogen-bond donors (Lipinski definition) is 1. The van der Waals surface area contributed by atoms with Crippen LogP contribution in [0.2, 0.25) is 0 Å². The monoisotopic (exact) mass is 467 g/mol. The minimum atomic E-state index is -0.298. The Morgan fingerprint density at radius 2 is 1.37 bits per heavy atom.